The second-order valence-electron chi connectivity index (χ2n) is 8.12. The van der Waals surface area contributed by atoms with Gasteiger partial charge < -0.3 is 15.3 Å². The number of fused-ring (bicyclic) bond motifs is 1. The van der Waals surface area contributed by atoms with E-state index in [-0.39, 0.29) is 0 Å². The normalized spacial score (nSPS) is 30.1. The molecule has 3 aliphatic rings. The van der Waals surface area contributed by atoms with Gasteiger partial charge in [0.2, 0.25) is 0 Å². The molecule has 2 atom stereocenters. The Hall–Kier alpha value is -1.84. The monoisotopic (exact) mass is 334 g/mol. The molecular formula is C22H26N2O. The van der Waals surface area contributed by atoms with E-state index >= 15 is 0 Å². The summed E-state index contributed by atoms with van der Waals surface area (Å²) >= 11 is 0. The summed E-state index contributed by atoms with van der Waals surface area (Å²) in [4.78, 5) is 2.41. The molecule has 3 nitrogen and oxygen atoms in total. The van der Waals surface area contributed by atoms with Gasteiger partial charge in [0, 0.05) is 30.7 Å². The van der Waals surface area contributed by atoms with Crippen molar-refractivity contribution in [3.8, 4) is 0 Å². The fourth-order valence-electron chi connectivity index (χ4n) is 4.97. The fourth-order valence-corrected chi connectivity index (χ4v) is 4.97. The Morgan fingerprint density at radius 2 is 1.64 bits per heavy atom. The van der Waals surface area contributed by atoms with Crippen molar-refractivity contribution in [3.05, 3.63) is 65.7 Å². The highest BCUT2D eigenvalue weighted by Crippen LogP contribution is 2.56. The lowest BCUT2D eigenvalue weighted by Gasteiger charge is -2.39. The highest BCUT2D eigenvalue weighted by molar-refractivity contribution is 5.51. The molecule has 3 fully saturated rings. The molecule has 130 valence electrons. The zero-order valence-corrected chi connectivity index (χ0v) is 14.6. The molecule has 2 saturated heterocycles. The minimum absolute atomic E-state index is 0.438. The molecule has 2 unspecified atom stereocenters. The largest absolute Gasteiger partial charge is 0.385 e. The molecular weight excluding hydrogens is 308 g/mol. The first-order chi connectivity index (χ1) is 12.2. The van der Waals surface area contributed by atoms with Crippen LogP contribution in [0.15, 0.2) is 54.6 Å². The number of nitrogens with zero attached hydrogens (tertiary/aromatic N) is 1. The quantitative estimate of drug-likeness (QED) is 0.906. The number of piperidine rings is 2. The third-order valence-electron chi connectivity index (χ3n) is 6.77. The van der Waals surface area contributed by atoms with Gasteiger partial charge in [-0.15, -0.1) is 0 Å². The van der Waals surface area contributed by atoms with Crippen molar-refractivity contribution in [1.82, 2.24) is 5.32 Å². The summed E-state index contributed by atoms with van der Waals surface area (Å²) < 4.78 is 0. The van der Waals surface area contributed by atoms with Crippen molar-refractivity contribution in [3.63, 3.8) is 0 Å². The number of nitrogens with one attached hydrogen (secondary N) is 1. The summed E-state index contributed by atoms with van der Waals surface area (Å²) in [5.41, 5.74) is 3.61. The van der Waals surface area contributed by atoms with Gasteiger partial charge in [0.25, 0.3) is 0 Å². The smallest absolute Gasteiger partial charge is 0.0930 e. The van der Waals surface area contributed by atoms with Gasteiger partial charge in [-0.2, -0.15) is 0 Å². The Balaban J connectivity index is 1.28. The summed E-state index contributed by atoms with van der Waals surface area (Å²) in [7, 11) is 0. The second-order valence-corrected chi connectivity index (χ2v) is 8.12. The number of anilines is 1. The molecule has 0 bridgehead atoms. The zero-order valence-electron chi connectivity index (χ0n) is 14.6. The van der Waals surface area contributed by atoms with Crippen LogP contribution in [0.4, 0.5) is 5.69 Å². The lowest BCUT2D eigenvalue weighted by molar-refractivity contribution is 0.0118. The minimum atomic E-state index is -0.673. The van der Waals surface area contributed by atoms with E-state index in [2.05, 4.69) is 34.5 Å². The van der Waals surface area contributed by atoms with E-state index in [1.54, 1.807) is 0 Å². The Morgan fingerprint density at radius 1 is 0.920 bits per heavy atom. The van der Waals surface area contributed by atoms with Crippen LogP contribution < -0.4 is 10.2 Å². The van der Waals surface area contributed by atoms with Gasteiger partial charge >= 0.3 is 0 Å². The molecule has 2 heterocycles. The second kappa shape index (κ2) is 5.58. The van der Waals surface area contributed by atoms with E-state index in [4.69, 9.17) is 0 Å². The number of hydrogen-bond acceptors (Lipinski definition) is 3. The van der Waals surface area contributed by atoms with E-state index in [1.807, 2.05) is 30.3 Å². The minimum Gasteiger partial charge on any atom is -0.385 e. The molecule has 0 amide bonds. The van der Waals surface area contributed by atoms with Crippen LogP contribution in [0.1, 0.15) is 30.4 Å². The molecule has 25 heavy (non-hydrogen) atoms. The third-order valence-corrected chi connectivity index (χ3v) is 6.77. The Labute approximate surface area is 149 Å². The van der Waals surface area contributed by atoms with Crippen LogP contribution in [0, 0.1) is 5.92 Å². The van der Waals surface area contributed by atoms with Crippen LogP contribution in [-0.2, 0) is 11.0 Å². The molecule has 0 spiro atoms. The summed E-state index contributed by atoms with van der Waals surface area (Å²) in [6.45, 7) is 4.14. The maximum Gasteiger partial charge on any atom is 0.0930 e. The van der Waals surface area contributed by atoms with Gasteiger partial charge in [-0.05, 0) is 55.0 Å². The number of rotatable bonds is 3. The summed E-state index contributed by atoms with van der Waals surface area (Å²) in [5, 5.41) is 14.5. The number of benzene rings is 2. The number of hydrogen-bond donors (Lipinski definition) is 2. The maximum absolute atomic E-state index is 11.0. The first kappa shape index (κ1) is 15.4. The van der Waals surface area contributed by atoms with Gasteiger partial charge in [0.05, 0.1) is 5.60 Å². The molecule has 5 rings (SSSR count). The van der Waals surface area contributed by atoms with E-state index in [1.165, 1.54) is 24.2 Å². The van der Waals surface area contributed by atoms with Crippen LogP contribution >= 0.6 is 0 Å². The van der Waals surface area contributed by atoms with Gasteiger partial charge in [0.15, 0.2) is 0 Å². The van der Waals surface area contributed by atoms with Crippen molar-refractivity contribution in [2.45, 2.75) is 30.3 Å². The average molecular weight is 334 g/mol. The van der Waals surface area contributed by atoms with E-state index in [0.717, 1.165) is 44.0 Å². The molecule has 1 saturated carbocycles. The van der Waals surface area contributed by atoms with Crippen molar-refractivity contribution in [1.29, 1.82) is 0 Å². The molecule has 2 N–H and O–H groups in total. The first-order valence-electron chi connectivity index (χ1n) is 9.54. The van der Waals surface area contributed by atoms with Crippen LogP contribution in [0.3, 0.4) is 0 Å². The highest BCUT2D eigenvalue weighted by atomic mass is 16.3. The van der Waals surface area contributed by atoms with Crippen LogP contribution in [0.25, 0.3) is 0 Å². The zero-order chi connectivity index (χ0) is 16.9. The van der Waals surface area contributed by atoms with Crippen LogP contribution in [0.5, 0.6) is 0 Å². The molecule has 2 aromatic rings. The van der Waals surface area contributed by atoms with Crippen molar-refractivity contribution >= 4 is 5.69 Å². The maximum atomic E-state index is 11.0. The molecule has 2 aliphatic heterocycles. The Kier molecular flexibility index (Phi) is 3.44. The van der Waals surface area contributed by atoms with E-state index in [9.17, 15) is 5.11 Å². The van der Waals surface area contributed by atoms with Gasteiger partial charge in [-0.25, -0.2) is 0 Å². The van der Waals surface area contributed by atoms with Gasteiger partial charge in [0.1, 0.15) is 0 Å². The SMILES string of the molecule is OC1(c2ccccc2)CCN(c2ccc(C34CNCC3C4)cc2)CC1. The first-order valence-corrected chi connectivity index (χ1v) is 9.54. The summed E-state index contributed by atoms with van der Waals surface area (Å²) in [6.07, 6.45) is 2.93. The lowest BCUT2D eigenvalue weighted by atomic mass is 9.84. The molecule has 3 heteroatoms. The van der Waals surface area contributed by atoms with E-state index < -0.39 is 5.60 Å². The number of aliphatic hydroxyl groups is 1. The lowest BCUT2D eigenvalue weighted by Crippen LogP contribution is -2.42. The van der Waals surface area contributed by atoms with Crippen molar-refractivity contribution in [2.75, 3.05) is 31.1 Å². The van der Waals surface area contributed by atoms with Gasteiger partial charge in [-0.3, -0.25) is 0 Å². The highest BCUT2D eigenvalue weighted by Gasteiger charge is 2.57. The van der Waals surface area contributed by atoms with Crippen molar-refractivity contribution < 1.29 is 5.11 Å². The third kappa shape index (κ3) is 2.49. The predicted octanol–water partition coefficient (Wildman–Crippen LogP) is 3.04. The van der Waals surface area contributed by atoms with Crippen molar-refractivity contribution in [2.24, 2.45) is 5.92 Å². The Bertz CT molecular complexity index is 749. The summed E-state index contributed by atoms with van der Waals surface area (Å²) in [6, 6.07) is 19.4. The molecule has 2 aromatic carbocycles. The summed E-state index contributed by atoms with van der Waals surface area (Å²) in [5.74, 6) is 0.856. The van der Waals surface area contributed by atoms with Gasteiger partial charge in [-0.1, -0.05) is 42.5 Å². The average Bonchev–Trinajstić information content (AvgIpc) is 3.24. The fraction of sp³-hybridized carbons (Fsp3) is 0.455. The molecule has 1 aliphatic carbocycles. The topological polar surface area (TPSA) is 35.5 Å². The van der Waals surface area contributed by atoms with Crippen LogP contribution in [-0.4, -0.2) is 31.3 Å². The Morgan fingerprint density at radius 3 is 2.24 bits per heavy atom. The molecule has 0 radical (unpaired) electrons. The predicted molar refractivity (Wildman–Crippen MR) is 101 cm³/mol. The van der Waals surface area contributed by atoms with E-state index in [0.29, 0.717) is 5.41 Å². The molecule has 0 aromatic heterocycles. The standard InChI is InChI=1S/C22H26N2O/c25-22(18-4-2-1-3-5-18)10-12-24(13-11-22)20-8-6-17(7-9-20)21-14-19(21)15-23-16-21/h1-9,19,23,25H,10-16H2. The van der Waals surface area contributed by atoms with Crippen LogP contribution in [0.2, 0.25) is 0 Å².